The summed E-state index contributed by atoms with van der Waals surface area (Å²) in [7, 11) is 0. The van der Waals surface area contributed by atoms with Crippen molar-refractivity contribution in [3.05, 3.63) is 28.8 Å². The van der Waals surface area contributed by atoms with E-state index in [9.17, 15) is 4.79 Å². The molecule has 0 bridgehead atoms. The summed E-state index contributed by atoms with van der Waals surface area (Å²) >= 11 is 5.85. The van der Waals surface area contributed by atoms with E-state index in [0.29, 0.717) is 16.7 Å². The second kappa shape index (κ2) is 7.90. The van der Waals surface area contributed by atoms with Crippen molar-refractivity contribution < 1.29 is 9.53 Å². The normalized spacial score (nSPS) is 11.6. The number of ether oxygens (including phenoxy) is 1. The Bertz CT molecular complexity index is 499. The molecule has 0 saturated heterocycles. The van der Waals surface area contributed by atoms with Crippen LogP contribution in [0.1, 0.15) is 32.8 Å². The second-order valence-corrected chi connectivity index (χ2v) is 5.61. The lowest BCUT2D eigenvalue weighted by Gasteiger charge is -2.09. The molecule has 0 radical (unpaired) electrons. The van der Waals surface area contributed by atoms with Crippen LogP contribution < -0.4 is 10.2 Å². The van der Waals surface area contributed by atoms with E-state index in [1.165, 1.54) is 0 Å². The molecule has 0 fully saturated rings. The first-order valence-electron chi connectivity index (χ1n) is 6.59. The van der Waals surface area contributed by atoms with Gasteiger partial charge in [-0.1, -0.05) is 25.4 Å². The van der Waals surface area contributed by atoms with Gasteiger partial charge in [0.2, 0.25) is 0 Å². The minimum absolute atomic E-state index is 0.0685. The van der Waals surface area contributed by atoms with E-state index in [2.05, 4.69) is 24.4 Å². The zero-order valence-electron chi connectivity index (χ0n) is 12.4. The van der Waals surface area contributed by atoms with Crippen molar-refractivity contribution >= 4 is 23.2 Å². The van der Waals surface area contributed by atoms with Crippen LogP contribution in [0, 0.1) is 12.8 Å². The van der Waals surface area contributed by atoms with E-state index in [1.807, 2.05) is 13.8 Å². The number of halogens is 1. The molecule has 0 aliphatic carbocycles. The van der Waals surface area contributed by atoms with Crippen LogP contribution in [0.25, 0.3) is 0 Å². The lowest BCUT2D eigenvalue weighted by Crippen LogP contribution is -2.25. The predicted molar refractivity (Wildman–Crippen MR) is 82.4 cm³/mol. The molecule has 0 aromatic heterocycles. The van der Waals surface area contributed by atoms with Gasteiger partial charge in [0.15, 0.2) is 6.61 Å². The van der Waals surface area contributed by atoms with Gasteiger partial charge >= 0.3 is 0 Å². The topological polar surface area (TPSA) is 50.7 Å². The van der Waals surface area contributed by atoms with Crippen molar-refractivity contribution in [2.45, 2.75) is 34.1 Å². The Balaban J connectivity index is 2.43. The van der Waals surface area contributed by atoms with Gasteiger partial charge in [0, 0.05) is 10.7 Å². The van der Waals surface area contributed by atoms with Crippen molar-refractivity contribution in [3.63, 3.8) is 0 Å². The smallest absolute Gasteiger partial charge is 0.277 e. The maximum Gasteiger partial charge on any atom is 0.277 e. The molecule has 0 spiro atoms. The van der Waals surface area contributed by atoms with Gasteiger partial charge in [0.05, 0.1) is 0 Å². The number of aryl methyl sites for hydroxylation is 1. The molecule has 20 heavy (non-hydrogen) atoms. The molecule has 1 N–H and O–H groups in total. The summed E-state index contributed by atoms with van der Waals surface area (Å²) in [5.41, 5.74) is 4.28. The summed E-state index contributed by atoms with van der Waals surface area (Å²) in [6, 6.07) is 5.27. The lowest BCUT2D eigenvalue weighted by atomic mass is 10.1. The molecule has 0 unspecified atom stereocenters. The van der Waals surface area contributed by atoms with Gasteiger partial charge in [-0.3, -0.25) is 4.79 Å². The van der Waals surface area contributed by atoms with Gasteiger partial charge < -0.3 is 4.74 Å². The van der Waals surface area contributed by atoms with Crippen LogP contribution in [0.3, 0.4) is 0 Å². The van der Waals surface area contributed by atoms with Crippen LogP contribution in [0.15, 0.2) is 23.3 Å². The number of rotatable bonds is 6. The average molecular weight is 297 g/mol. The minimum Gasteiger partial charge on any atom is -0.483 e. The van der Waals surface area contributed by atoms with Crippen molar-refractivity contribution in [2.24, 2.45) is 11.0 Å². The average Bonchev–Trinajstić information content (AvgIpc) is 2.34. The largest absolute Gasteiger partial charge is 0.483 e. The van der Waals surface area contributed by atoms with E-state index in [4.69, 9.17) is 16.3 Å². The van der Waals surface area contributed by atoms with Crippen LogP contribution in [-0.4, -0.2) is 18.2 Å². The highest BCUT2D eigenvalue weighted by molar-refractivity contribution is 6.30. The quantitative estimate of drug-likeness (QED) is 0.644. The van der Waals surface area contributed by atoms with Crippen LogP contribution >= 0.6 is 11.6 Å². The third kappa shape index (κ3) is 6.06. The third-order valence-electron chi connectivity index (χ3n) is 2.57. The first kappa shape index (κ1) is 16.5. The summed E-state index contributed by atoms with van der Waals surface area (Å²) in [6.07, 6.45) is 0.859. The number of hydrogen-bond donors (Lipinski definition) is 1. The molecule has 5 heteroatoms. The number of hydrogen-bond acceptors (Lipinski definition) is 3. The summed E-state index contributed by atoms with van der Waals surface area (Å²) < 4.78 is 5.43. The number of amides is 1. The number of nitrogens with one attached hydrogen (secondary N) is 1. The van der Waals surface area contributed by atoms with Gasteiger partial charge in [-0.25, -0.2) is 5.43 Å². The summed E-state index contributed by atoms with van der Waals surface area (Å²) in [5.74, 6) is 0.888. The maximum absolute atomic E-state index is 11.6. The Morgan fingerprint density at radius 1 is 1.45 bits per heavy atom. The highest BCUT2D eigenvalue weighted by Gasteiger charge is 2.05. The van der Waals surface area contributed by atoms with Crippen LogP contribution in [0.2, 0.25) is 5.02 Å². The second-order valence-electron chi connectivity index (χ2n) is 5.18. The number of carbonyl (C=O) groups is 1. The molecular weight excluding hydrogens is 276 g/mol. The number of hydrazone groups is 1. The first-order chi connectivity index (χ1) is 9.38. The van der Waals surface area contributed by atoms with E-state index < -0.39 is 0 Å². The van der Waals surface area contributed by atoms with Crippen LogP contribution in [-0.2, 0) is 4.79 Å². The number of benzene rings is 1. The number of nitrogens with zero attached hydrogens (tertiary/aromatic N) is 1. The highest BCUT2D eigenvalue weighted by atomic mass is 35.5. The molecule has 110 valence electrons. The summed E-state index contributed by atoms with van der Waals surface area (Å²) in [4.78, 5) is 11.6. The van der Waals surface area contributed by atoms with Gasteiger partial charge in [0.25, 0.3) is 5.91 Å². The van der Waals surface area contributed by atoms with E-state index in [1.54, 1.807) is 18.2 Å². The molecule has 0 heterocycles. The van der Waals surface area contributed by atoms with Crippen molar-refractivity contribution in [1.29, 1.82) is 0 Å². The molecule has 1 amide bonds. The molecule has 1 aromatic rings. The highest BCUT2D eigenvalue weighted by Crippen LogP contribution is 2.21. The fraction of sp³-hybridized carbons (Fsp3) is 0.467. The predicted octanol–water partition coefficient (Wildman–Crippen LogP) is 3.57. The Labute approximate surface area is 125 Å². The molecule has 1 rings (SSSR count). The van der Waals surface area contributed by atoms with Crippen molar-refractivity contribution in [1.82, 2.24) is 5.43 Å². The van der Waals surface area contributed by atoms with Crippen molar-refractivity contribution in [2.75, 3.05) is 6.61 Å². The maximum atomic E-state index is 11.6. The molecule has 4 nitrogen and oxygen atoms in total. The Morgan fingerprint density at radius 3 is 2.75 bits per heavy atom. The van der Waals surface area contributed by atoms with E-state index in [0.717, 1.165) is 17.7 Å². The monoisotopic (exact) mass is 296 g/mol. The van der Waals surface area contributed by atoms with Crippen LogP contribution in [0.4, 0.5) is 0 Å². The van der Waals surface area contributed by atoms with Gasteiger partial charge in [-0.05, 0) is 49.9 Å². The van der Waals surface area contributed by atoms with E-state index >= 15 is 0 Å². The Kier molecular flexibility index (Phi) is 6.52. The molecule has 0 saturated carbocycles. The fourth-order valence-corrected chi connectivity index (χ4v) is 1.97. The standard InChI is InChI=1S/C15H21ClN2O2/c1-10(2)7-12(4)17-18-15(19)9-20-14-6-5-13(16)8-11(14)3/h5-6,8,10H,7,9H2,1-4H3,(H,18,19). The molecular formula is C15H21ClN2O2. The molecule has 0 aliphatic heterocycles. The zero-order valence-corrected chi connectivity index (χ0v) is 13.1. The minimum atomic E-state index is -0.276. The zero-order chi connectivity index (χ0) is 15.1. The SMILES string of the molecule is CC(CC(C)C)=NNC(=O)COc1ccc(Cl)cc1C. The molecule has 1 aromatic carbocycles. The van der Waals surface area contributed by atoms with Crippen molar-refractivity contribution in [3.8, 4) is 5.75 Å². The third-order valence-corrected chi connectivity index (χ3v) is 2.81. The van der Waals surface area contributed by atoms with E-state index in [-0.39, 0.29) is 12.5 Å². The molecule has 0 aliphatic rings. The van der Waals surface area contributed by atoms with Crippen LogP contribution in [0.5, 0.6) is 5.75 Å². The summed E-state index contributed by atoms with van der Waals surface area (Å²) in [6.45, 7) is 7.91. The van der Waals surface area contributed by atoms with Gasteiger partial charge in [0.1, 0.15) is 5.75 Å². The fourth-order valence-electron chi connectivity index (χ4n) is 1.74. The summed E-state index contributed by atoms with van der Waals surface area (Å²) in [5, 5.41) is 4.68. The van der Waals surface area contributed by atoms with Gasteiger partial charge in [-0.2, -0.15) is 5.10 Å². The Hall–Kier alpha value is -1.55. The molecule has 0 atom stereocenters. The lowest BCUT2D eigenvalue weighted by molar-refractivity contribution is -0.123. The van der Waals surface area contributed by atoms with Gasteiger partial charge in [-0.15, -0.1) is 0 Å². The number of carbonyl (C=O) groups excluding carboxylic acids is 1. The Morgan fingerprint density at radius 2 is 2.15 bits per heavy atom. The first-order valence-corrected chi connectivity index (χ1v) is 6.97.